The molecule has 21 heavy (non-hydrogen) atoms. The van der Waals surface area contributed by atoms with Crippen LogP contribution in [0.25, 0.3) is 5.69 Å². The van der Waals surface area contributed by atoms with Crippen LogP contribution >= 0.6 is 27.5 Å². The van der Waals surface area contributed by atoms with E-state index in [1.54, 1.807) is 35.1 Å². The summed E-state index contributed by atoms with van der Waals surface area (Å²) in [5, 5.41) is 4.81. The number of halogens is 2. The number of hydrogen-bond acceptors (Lipinski definition) is 2. The van der Waals surface area contributed by atoms with Crippen molar-refractivity contribution in [1.29, 1.82) is 0 Å². The highest BCUT2D eigenvalue weighted by Crippen LogP contribution is 2.24. The van der Waals surface area contributed by atoms with E-state index in [2.05, 4.69) is 21.0 Å². The number of nitrogens with zero attached hydrogens (tertiary/aromatic N) is 2. The Morgan fingerprint density at radius 1 is 1.10 bits per heavy atom. The molecule has 2 aromatic carbocycles. The van der Waals surface area contributed by atoms with Crippen molar-refractivity contribution in [3.63, 3.8) is 0 Å². The lowest BCUT2D eigenvalue weighted by Gasteiger charge is -2.08. The zero-order chi connectivity index (χ0) is 14.8. The summed E-state index contributed by atoms with van der Waals surface area (Å²) >= 11 is 9.29. The van der Waals surface area contributed by atoms with Crippen LogP contribution in [-0.2, 0) is 0 Å². The number of ketones is 1. The fraction of sp³-hybridized carbons (Fsp3) is 0. The molecule has 0 amide bonds. The van der Waals surface area contributed by atoms with Gasteiger partial charge in [-0.25, -0.2) is 4.68 Å². The fourth-order valence-corrected chi connectivity index (χ4v) is 2.92. The smallest absolute Gasteiger partial charge is 0.212 e. The van der Waals surface area contributed by atoms with E-state index >= 15 is 0 Å². The Morgan fingerprint density at radius 3 is 2.57 bits per heavy atom. The van der Waals surface area contributed by atoms with Gasteiger partial charge in [-0.3, -0.25) is 4.79 Å². The van der Waals surface area contributed by atoms with Crippen LogP contribution in [0.4, 0.5) is 0 Å². The van der Waals surface area contributed by atoms with Gasteiger partial charge in [0.2, 0.25) is 5.78 Å². The number of rotatable bonds is 3. The predicted molar refractivity (Wildman–Crippen MR) is 86.1 cm³/mol. The Kier molecular flexibility index (Phi) is 3.90. The van der Waals surface area contributed by atoms with E-state index in [1.165, 1.54) is 0 Å². The predicted octanol–water partition coefficient (Wildman–Crippen LogP) is 4.52. The van der Waals surface area contributed by atoms with Gasteiger partial charge in [-0.1, -0.05) is 29.8 Å². The van der Waals surface area contributed by atoms with E-state index in [1.807, 2.05) is 30.3 Å². The van der Waals surface area contributed by atoms with E-state index in [0.717, 1.165) is 5.69 Å². The molecular formula is C16H10BrClN2O. The van der Waals surface area contributed by atoms with Crippen LogP contribution in [-0.4, -0.2) is 15.6 Å². The molecule has 0 saturated carbocycles. The van der Waals surface area contributed by atoms with Crippen LogP contribution in [0.2, 0.25) is 5.02 Å². The minimum atomic E-state index is -0.111. The molecule has 0 radical (unpaired) electrons. The summed E-state index contributed by atoms with van der Waals surface area (Å²) < 4.78 is 2.30. The molecule has 0 bridgehead atoms. The normalized spacial score (nSPS) is 10.6. The number of carbonyl (C=O) groups is 1. The maximum absolute atomic E-state index is 12.7. The Hall–Kier alpha value is -1.91. The second-order valence-corrected chi connectivity index (χ2v) is 5.71. The highest BCUT2D eigenvalue weighted by Gasteiger charge is 2.17. The first-order valence-corrected chi connectivity index (χ1v) is 7.43. The van der Waals surface area contributed by atoms with E-state index < -0.39 is 0 Å². The number of hydrogen-bond donors (Lipinski definition) is 0. The molecule has 3 rings (SSSR count). The zero-order valence-electron chi connectivity index (χ0n) is 10.8. The van der Waals surface area contributed by atoms with Crippen LogP contribution in [0.1, 0.15) is 16.1 Å². The molecule has 0 aliphatic rings. The molecule has 0 aliphatic carbocycles. The highest BCUT2D eigenvalue weighted by molar-refractivity contribution is 9.10. The monoisotopic (exact) mass is 360 g/mol. The number of aromatic nitrogens is 2. The van der Waals surface area contributed by atoms with E-state index in [4.69, 9.17) is 11.6 Å². The van der Waals surface area contributed by atoms with Crippen LogP contribution in [0.15, 0.2) is 65.3 Å². The summed E-state index contributed by atoms with van der Waals surface area (Å²) in [6.45, 7) is 0. The summed E-state index contributed by atoms with van der Waals surface area (Å²) in [5.41, 5.74) is 1.90. The van der Waals surface area contributed by atoms with Gasteiger partial charge in [0.1, 0.15) is 5.69 Å². The Labute approximate surface area is 135 Å². The van der Waals surface area contributed by atoms with Crippen LogP contribution < -0.4 is 0 Å². The van der Waals surface area contributed by atoms with Gasteiger partial charge in [0.05, 0.1) is 11.9 Å². The molecule has 0 aliphatic heterocycles. The fourth-order valence-electron chi connectivity index (χ4n) is 2.06. The van der Waals surface area contributed by atoms with E-state index in [0.29, 0.717) is 20.8 Å². The third-order valence-electron chi connectivity index (χ3n) is 3.05. The van der Waals surface area contributed by atoms with Crippen LogP contribution in [0, 0.1) is 0 Å². The lowest BCUT2D eigenvalue weighted by molar-refractivity contribution is 0.103. The van der Waals surface area contributed by atoms with E-state index in [-0.39, 0.29) is 5.78 Å². The Bertz CT molecular complexity index is 799. The summed E-state index contributed by atoms with van der Waals surface area (Å²) in [7, 11) is 0. The maximum atomic E-state index is 12.7. The molecule has 0 spiro atoms. The summed E-state index contributed by atoms with van der Waals surface area (Å²) in [6, 6.07) is 16.4. The standard InChI is InChI=1S/C16H10BrClN2O/c17-14-10-11(18)6-7-13(14)16(21)15-8-9-19-20(15)12-4-2-1-3-5-12/h1-10H. The second kappa shape index (κ2) is 5.84. The molecule has 104 valence electrons. The summed E-state index contributed by atoms with van der Waals surface area (Å²) in [6.07, 6.45) is 1.62. The van der Waals surface area contributed by atoms with Crippen molar-refractivity contribution in [2.45, 2.75) is 0 Å². The van der Waals surface area contributed by atoms with Gasteiger partial charge in [0, 0.05) is 15.1 Å². The number of benzene rings is 2. The van der Waals surface area contributed by atoms with Crippen molar-refractivity contribution >= 4 is 33.3 Å². The van der Waals surface area contributed by atoms with Gasteiger partial charge >= 0.3 is 0 Å². The molecule has 1 aromatic heterocycles. The minimum absolute atomic E-state index is 0.111. The van der Waals surface area contributed by atoms with Crippen LogP contribution in [0.3, 0.4) is 0 Å². The van der Waals surface area contributed by atoms with Crippen molar-refractivity contribution in [2.24, 2.45) is 0 Å². The summed E-state index contributed by atoms with van der Waals surface area (Å²) in [4.78, 5) is 12.7. The lowest BCUT2D eigenvalue weighted by atomic mass is 10.1. The molecule has 1 heterocycles. The van der Waals surface area contributed by atoms with Gasteiger partial charge in [-0.15, -0.1) is 0 Å². The summed E-state index contributed by atoms with van der Waals surface area (Å²) in [5.74, 6) is -0.111. The van der Waals surface area contributed by atoms with Crippen LogP contribution in [0.5, 0.6) is 0 Å². The van der Waals surface area contributed by atoms with Crippen molar-refractivity contribution < 1.29 is 4.79 Å². The maximum Gasteiger partial charge on any atom is 0.212 e. The Morgan fingerprint density at radius 2 is 1.86 bits per heavy atom. The molecule has 3 nitrogen and oxygen atoms in total. The van der Waals surface area contributed by atoms with Gasteiger partial charge in [-0.05, 0) is 52.3 Å². The van der Waals surface area contributed by atoms with Crippen molar-refractivity contribution in [3.05, 3.63) is 81.5 Å². The average Bonchev–Trinajstić information content (AvgIpc) is 2.97. The topological polar surface area (TPSA) is 34.9 Å². The van der Waals surface area contributed by atoms with Gasteiger partial charge in [0.25, 0.3) is 0 Å². The molecular weight excluding hydrogens is 352 g/mol. The molecule has 0 N–H and O–H groups in total. The number of para-hydroxylation sites is 1. The quantitative estimate of drug-likeness (QED) is 0.643. The van der Waals surface area contributed by atoms with E-state index in [9.17, 15) is 4.79 Å². The van der Waals surface area contributed by atoms with Gasteiger partial charge in [0.15, 0.2) is 0 Å². The first-order valence-electron chi connectivity index (χ1n) is 6.26. The Balaban J connectivity index is 2.06. The molecule has 0 atom stereocenters. The van der Waals surface area contributed by atoms with Gasteiger partial charge < -0.3 is 0 Å². The molecule has 0 fully saturated rings. The van der Waals surface area contributed by atoms with Crippen molar-refractivity contribution in [2.75, 3.05) is 0 Å². The zero-order valence-corrected chi connectivity index (χ0v) is 13.2. The lowest BCUT2D eigenvalue weighted by Crippen LogP contribution is -2.10. The molecule has 0 saturated heterocycles. The third-order valence-corrected chi connectivity index (χ3v) is 3.94. The molecule has 5 heteroatoms. The minimum Gasteiger partial charge on any atom is -0.287 e. The second-order valence-electron chi connectivity index (χ2n) is 4.42. The molecule has 3 aromatic rings. The van der Waals surface area contributed by atoms with Gasteiger partial charge in [-0.2, -0.15) is 5.10 Å². The average molecular weight is 362 g/mol. The SMILES string of the molecule is O=C(c1ccc(Cl)cc1Br)c1ccnn1-c1ccccc1. The number of carbonyl (C=O) groups excluding carboxylic acids is 1. The van der Waals surface area contributed by atoms with Crippen molar-refractivity contribution in [1.82, 2.24) is 9.78 Å². The molecule has 0 unspecified atom stereocenters. The third kappa shape index (κ3) is 2.77. The first-order chi connectivity index (χ1) is 10.2. The van der Waals surface area contributed by atoms with Crippen molar-refractivity contribution in [3.8, 4) is 5.69 Å². The first kappa shape index (κ1) is 14.0. The highest BCUT2D eigenvalue weighted by atomic mass is 79.9. The largest absolute Gasteiger partial charge is 0.287 e.